The molecular formula is C66H42N2O2. The number of nitrogens with zero attached hydrogens (tertiary/aromatic N) is 2. The Hall–Kier alpha value is -9.25. The molecule has 0 N–H and O–H groups in total. The first-order chi connectivity index (χ1) is 34.7. The van der Waals surface area contributed by atoms with E-state index in [9.17, 15) is 0 Å². The van der Waals surface area contributed by atoms with Crippen LogP contribution in [0, 0.1) is 0 Å². The first-order valence-electron chi connectivity index (χ1n) is 23.8. The molecular weight excluding hydrogens is 853 g/mol. The Labute approximate surface area is 406 Å². The molecule has 0 atom stereocenters. The summed E-state index contributed by atoms with van der Waals surface area (Å²) in [4.78, 5) is 5.31. The highest BCUT2D eigenvalue weighted by Crippen LogP contribution is 2.62. The fourth-order valence-electron chi connectivity index (χ4n) is 11.2. The molecule has 0 amide bonds. The molecule has 0 unspecified atom stereocenters. The van der Waals surface area contributed by atoms with Crippen molar-refractivity contribution in [2.75, 3.05) is 0 Å². The zero-order chi connectivity index (χ0) is 46.2. The number of rotatable bonds is 7. The molecule has 4 nitrogen and oxygen atoms in total. The summed E-state index contributed by atoms with van der Waals surface area (Å²) in [5.74, 6) is 2.79. The number of benzene rings is 10. The molecule has 1 aliphatic carbocycles. The Morgan fingerprint density at radius 2 is 0.900 bits per heavy atom. The van der Waals surface area contributed by atoms with Gasteiger partial charge in [-0.25, -0.2) is 4.98 Å². The maximum absolute atomic E-state index is 7.08. The van der Waals surface area contributed by atoms with Crippen LogP contribution in [0.4, 0.5) is 0 Å². The highest BCUT2D eigenvalue weighted by molar-refractivity contribution is 6.09. The Kier molecular flexibility index (Phi) is 9.08. The third-order valence-corrected chi connectivity index (χ3v) is 14.3. The Bertz CT molecular complexity index is 3900. The van der Waals surface area contributed by atoms with Crippen molar-refractivity contribution < 1.29 is 9.47 Å². The van der Waals surface area contributed by atoms with Crippen molar-refractivity contribution in [1.29, 1.82) is 0 Å². The molecule has 4 heteroatoms. The first kappa shape index (κ1) is 39.9. The molecule has 10 aromatic carbocycles. The average Bonchev–Trinajstić information content (AvgIpc) is 3.94. The van der Waals surface area contributed by atoms with E-state index < -0.39 is 5.41 Å². The summed E-state index contributed by atoms with van der Waals surface area (Å²) in [5, 5.41) is 2.50. The lowest BCUT2D eigenvalue weighted by Crippen LogP contribution is -2.28. The van der Waals surface area contributed by atoms with Gasteiger partial charge in [-0.3, -0.25) is 0 Å². The Morgan fingerprint density at radius 3 is 1.61 bits per heavy atom. The molecule has 0 bridgehead atoms. The largest absolute Gasteiger partial charge is 0.449 e. The van der Waals surface area contributed by atoms with Gasteiger partial charge in [0.15, 0.2) is 23.0 Å². The predicted octanol–water partition coefficient (Wildman–Crippen LogP) is 17.1. The lowest BCUT2D eigenvalue weighted by atomic mass is 9.68. The predicted molar refractivity (Wildman–Crippen MR) is 284 cm³/mol. The Morgan fingerprint density at radius 1 is 0.343 bits per heavy atom. The first-order valence-corrected chi connectivity index (χ1v) is 23.8. The summed E-state index contributed by atoms with van der Waals surface area (Å²) in [6.07, 6.45) is 0. The van der Waals surface area contributed by atoms with E-state index in [1.54, 1.807) is 0 Å². The zero-order valence-corrected chi connectivity index (χ0v) is 38.0. The van der Waals surface area contributed by atoms with Crippen LogP contribution in [0.15, 0.2) is 255 Å². The van der Waals surface area contributed by atoms with Crippen LogP contribution in [0.1, 0.15) is 22.3 Å². The SMILES string of the molecule is c1ccc(-c2cc(-c3ccc(-n4c5ccccc5c5ccccc54)cc3)cc(-c3cccc(-c4ccc5c(c4)Oc4c(ccc6c4-c4ccccc4C6(c4ccccc4)c4ccccc4)O5)c3)n2)cc1. The van der Waals surface area contributed by atoms with E-state index in [1.807, 2.05) is 12.1 Å². The molecule has 2 aromatic heterocycles. The van der Waals surface area contributed by atoms with Crippen LogP contribution in [0.3, 0.4) is 0 Å². The van der Waals surface area contributed by atoms with E-state index in [-0.39, 0.29) is 0 Å². The summed E-state index contributed by atoms with van der Waals surface area (Å²) in [7, 11) is 0. The van der Waals surface area contributed by atoms with Crippen LogP contribution in [0.5, 0.6) is 23.0 Å². The van der Waals surface area contributed by atoms with Gasteiger partial charge < -0.3 is 14.0 Å². The highest BCUT2D eigenvalue weighted by Gasteiger charge is 2.48. The number of hydrogen-bond acceptors (Lipinski definition) is 3. The van der Waals surface area contributed by atoms with E-state index in [4.69, 9.17) is 14.5 Å². The van der Waals surface area contributed by atoms with Crippen molar-refractivity contribution in [1.82, 2.24) is 9.55 Å². The molecule has 2 aliphatic rings. The molecule has 1 aliphatic heterocycles. The molecule has 0 fully saturated rings. The molecule has 14 rings (SSSR count). The highest BCUT2D eigenvalue weighted by atomic mass is 16.6. The summed E-state index contributed by atoms with van der Waals surface area (Å²) >= 11 is 0. The van der Waals surface area contributed by atoms with Gasteiger partial charge in [-0.05, 0) is 111 Å². The third kappa shape index (κ3) is 6.20. The second kappa shape index (κ2) is 15.9. The standard InChI is InChI=1S/C66H42N2O2/c1-4-17-44(18-5-1)57-40-48(43-31-34-51(35-32-43)68-59-29-14-11-25-52(59)53-26-12-15-30-60(53)68)41-58(67-57)47-20-16-19-45(39-47)46-33-37-61-63(42-46)70-65-62(69-61)38-36-56-64(65)54-27-10-13-28-55(54)66(56,49-21-6-2-7-22-49)50-23-8-3-9-24-50/h1-42H. The molecule has 0 saturated heterocycles. The lowest BCUT2D eigenvalue weighted by molar-refractivity contribution is 0.360. The summed E-state index contributed by atoms with van der Waals surface area (Å²) in [6.45, 7) is 0. The average molecular weight is 895 g/mol. The number of hydrogen-bond donors (Lipinski definition) is 0. The Balaban J connectivity index is 0.839. The zero-order valence-electron chi connectivity index (χ0n) is 38.0. The lowest BCUT2D eigenvalue weighted by Gasteiger charge is -2.34. The van der Waals surface area contributed by atoms with E-state index >= 15 is 0 Å². The summed E-state index contributed by atoms with van der Waals surface area (Å²) in [6, 6.07) is 90.7. The van der Waals surface area contributed by atoms with Crippen molar-refractivity contribution in [3.05, 3.63) is 277 Å². The van der Waals surface area contributed by atoms with Crippen LogP contribution < -0.4 is 9.47 Å². The number of fused-ring (bicyclic) bond motifs is 9. The normalized spacial score (nSPS) is 12.9. The molecule has 3 heterocycles. The van der Waals surface area contributed by atoms with Gasteiger partial charge in [0.1, 0.15) is 0 Å². The molecule has 12 aromatic rings. The minimum absolute atomic E-state index is 0.544. The van der Waals surface area contributed by atoms with Gasteiger partial charge in [0.2, 0.25) is 0 Å². The van der Waals surface area contributed by atoms with Crippen molar-refractivity contribution in [2.24, 2.45) is 0 Å². The van der Waals surface area contributed by atoms with Crippen LogP contribution in [0.2, 0.25) is 0 Å². The van der Waals surface area contributed by atoms with Crippen molar-refractivity contribution in [2.45, 2.75) is 5.41 Å². The van der Waals surface area contributed by atoms with Crippen molar-refractivity contribution >= 4 is 21.8 Å². The van der Waals surface area contributed by atoms with Gasteiger partial charge in [-0.2, -0.15) is 0 Å². The quantitative estimate of drug-likeness (QED) is 0.160. The minimum atomic E-state index is -0.544. The topological polar surface area (TPSA) is 36.3 Å². The van der Waals surface area contributed by atoms with Crippen molar-refractivity contribution in [3.63, 3.8) is 0 Å². The van der Waals surface area contributed by atoms with Gasteiger partial charge >= 0.3 is 0 Å². The van der Waals surface area contributed by atoms with E-state index in [0.29, 0.717) is 17.2 Å². The van der Waals surface area contributed by atoms with Crippen molar-refractivity contribution in [3.8, 4) is 84.6 Å². The van der Waals surface area contributed by atoms with Crippen LogP contribution in [-0.2, 0) is 5.41 Å². The molecule has 0 saturated carbocycles. The summed E-state index contributed by atoms with van der Waals surface area (Å²) < 4.78 is 16.2. The number of pyridine rings is 1. The fraction of sp³-hybridized carbons (Fsp3) is 0.0152. The summed E-state index contributed by atoms with van der Waals surface area (Å²) in [5.41, 5.74) is 18.1. The van der Waals surface area contributed by atoms with E-state index in [1.165, 1.54) is 44.1 Å². The number of aromatic nitrogens is 2. The van der Waals surface area contributed by atoms with E-state index in [0.717, 1.165) is 67.3 Å². The number of para-hydroxylation sites is 2. The van der Waals surface area contributed by atoms with E-state index in [2.05, 4.69) is 247 Å². The van der Waals surface area contributed by atoms with Crippen LogP contribution in [-0.4, -0.2) is 9.55 Å². The van der Waals surface area contributed by atoms with Gasteiger partial charge in [-0.1, -0.05) is 194 Å². The molecule has 328 valence electrons. The second-order valence-corrected chi connectivity index (χ2v) is 18.2. The smallest absolute Gasteiger partial charge is 0.178 e. The fourth-order valence-corrected chi connectivity index (χ4v) is 11.2. The van der Waals surface area contributed by atoms with Crippen LogP contribution >= 0.6 is 0 Å². The maximum Gasteiger partial charge on any atom is 0.178 e. The monoisotopic (exact) mass is 894 g/mol. The third-order valence-electron chi connectivity index (χ3n) is 14.3. The van der Waals surface area contributed by atoms with Gasteiger partial charge in [-0.15, -0.1) is 0 Å². The molecule has 70 heavy (non-hydrogen) atoms. The van der Waals surface area contributed by atoms with Gasteiger partial charge in [0.25, 0.3) is 0 Å². The second-order valence-electron chi connectivity index (χ2n) is 18.2. The molecule has 0 spiro atoms. The minimum Gasteiger partial charge on any atom is -0.449 e. The number of ether oxygens (including phenoxy) is 2. The van der Waals surface area contributed by atoms with Gasteiger partial charge in [0, 0.05) is 33.2 Å². The molecule has 0 radical (unpaired) electrons. The maximum atomic E-state index is 7.08. The van der Waals surface area contributed by atoms with Crippen LogP contribution in [0.25, 0.3) is 83.4 Å². The van der Waals surface area contributed by atoms with Gasteiger partial charge in [0.05, 0.1) is 27.8 Å².